The summed E-state index contributed by atoms with van der Waals surface area (Å²) in [5.41, 5.74) is 7.91. The van der Waals surface area contributed by atoms with Crippen LogP contribution >= 0.6 is 0 Å². The molecule has 0 radical (unpaired) electrons. The molecule has 0 aliphatic carbocycles. The first-order chi connectivity index (χ1) is 5.74. The molecular weight excluding hydrogens is 148 g/mol. The van der Waals surface area contributed by atoms with Gasteiger partial charge in [0.15, 0.2) is 0 Å². The van der Waals surface area contributed by atoms with Gasteiger partial charge in [-0.15, -0.1) is 6.58 Å². The van der Waals surface area contributed by atoms with Crippen LogP contribution in [-0.2, 0) is 0 Å². The van der Waals surface area contributed by atoms with E-state index >= 15 is 0 Å². The molecule has 0 aliphatic heterocycles. The molecule has 2 nitrogen and oxygen atoms in total. The van der Waals surface area contributed by atoms with Crippen molar-refractivity contribution in [2.24, 2.45) is 5.73 Å². The van der Waals surface area contributed by atoms with Gasteiger partial charge in [0.25, 0.3) is 0 Å². The zero-order chi connectivity index (χ0) is 8.97. The molecule has 2 N–H and O–H groups in total. The Balaban J connectivity index is 2.74. The largest absolute Gasteiger partial charge is 0.322 e. The van der Waals surface area contributed by atoms with E-state index in [9.17, 15) is 0 Å². The summed E-state index contributed by atoms with van der Waals surface area (Å²) in [6.07, 6.45) is 4.42. The van der Waals surface area contributed by atoms with Crippen molar-refractivity contribution in [3.05, 3.63) is 42.2 Å². The lowest BCUT2D eigenvalue weighted by Crippen LogP contribution is -2.10. The quantitative estimate of drug-likeness (QED) is 0.690. The number of aromatic nitrogens is 1. The number of hydrogen-bond acceptors (Lipinski definition) is 2. The first kappa shape index (κ1) is 8.94. The molecule has 1 heterocycles. The molecule has 0 bridgehead atoms. The minimum absolute atomic E-state index is 0.0110. The maximum atomic E-state index is 5.82. The summed E-state index contributed by atoms with van der Waals surface area (Å²) < 4.78 is 0. The standard InChI is InChI=1S/C10H14N2/c1-3-4-9(11)10-6-5-8(2)7-12-10/h3,5-7,9H,1,4,11H2,2H3/t9-/m1/s1. The Kier molecular flexibility index (Phi) is 3.00. The molecule has 2 heteroatoms. The fourth-order valence-electron chi connectivity index (χ4n) is 0.999. The SMILES string of the molecule is C=CC[C@@H](N)c1ccc(C)cn1. The predicted octanol–water partition coefficient (Wildman–Crippen LogP) is 1.97. The average molecular weight is 162 g/mol. The second-order valence-corrected chi connectivity index (χ2v) is 2.89. The van der Waals surface area contributed by atoms with E-state index in [1.165, 1.54) is 0 Å². The molecule has 0 aromatic carbocycles. The topological polar surface area (TPSA) is 38.9 Å². The van der Waals surface area contributed by atoms with Crippen molar-refractivity contribution in [1.29, 1.82) is 0 Å². The predicted molar refractivity (Wildman–Crippen MR) is 50.7 cm³/mol. The summed E-state index contributed by atoms with van der Waals surface area (Å²) in [6.45, 7) is 5.65. The van der Waals surface area contributed by atoms with Crippen LogP contribution in [0, 0.1) is 6.92 Å². The number of aryl methyl sites for hydroxylation is 1. The van der Waals surface area contributed by atoms with E-state index in [-0.39, 0.29) is 6.04 Å². The molecule has 0 saturated carbocycles. The maximum absolute atomic E-state index is 5.82. The zero-order valence-electron chi connectivity index (χ0n) is 7.33. The Morgan fingerprint density at radius 2 is 2.42 bits per heavy atom. The highest BCUT2D eigenvalue weighted by molar-refractivity contribution is 5.15. The van der Waals surface area contributed by atoms with Crippen LogP contribution in [0.15, 0.2) is 31.0 Å². The highest BCUT2D eigenvalue weighted by Crippen LogP contribution is 2.11. The average Bonchev–Trinajstić information content (AvgIpc) is 2.06. The van der Waals surface area contributed by atoms with E-state index in [0.29, 0.717) is 0 Å². The van der Waals surface area contributed by atoms with Crippen molar-refractivity contribution < 1.29 is 0 Å². The number of nitrogens with zero attached hydrogens (tertiary/aromatic N) is 1. The summed E-state index contributed by atoms with van der Waals surface area (Å²) >= 11 is 0. The lowest BCUT2D eigenvalue weighted by Gasteiger charge is -2.07. The third-order valence-electron chi connectivity index (χ3n) is 1.73. The lowest BCUT2D eigenvalue weighted by molar-refractivity contribution is 0.713. The van der Waals surface area contributed by atoms with Crippen molar-refractivity contribution >= 4 is 0 Å². The van der Waals surface area contributed by atoms with E-state index in [0.717, 1.165) is 17.7 Å². The number of hydrogen-bond donors (Lipinski definition) is 1. The van der Waals surface area contributed by atoms with Gasteiger partial charge in [0.2, 0.25) is 0 Å². The van der Waals surface area contributed by atoms with Crippen LogP contribution in [0.5, 0.6) is 0 Å². The highest BCUT2D eigenvalue weighted by Gasteiger charge is 2.03. The molecule has 0 unspecified atom stereocenters. The summed E-state index contributed by atoms with van der Waals surface area (Å²) in [5, 5.41) is 0. The maximum Gasteiger partial charge on any atom is 0.0574 e. The normalized spacial score (nSPS) is 12.5. The van der Waals surface area contributed by atoms with Crippen LogP contribution in [0.25, 0.3) is 0 Å². The van der Waals surface area contributed by atoms with Crippen LogP contribution in [0.2, 0.25) is 0 Å². The molecule has 0 amide bonds. The summed E-state index contributed by atoms with van der Waals surface area (Å²) in [7, 11) is 0. The molecule has 12 heavy (non-hydrogen) atoms. The number of pyridine rings is 1. The minimum atomic E-state index is -0.0110. The Bertz CT molecular complexity index is 251. The van der Waals surface area contributed by atoms with E-state index in [4.69, 9.17) is 5.73 Å². The van der Waals surface area contributed by atoms with Crippen LogP contribution in [0.3, 0.4) is 0 Å². The van der Waals surface area contributed by atoms with Crippen LogP contribution in [0.4, 0.5) is 0 Å². The number of rotatable bonds is 3. The molecular formula is C10H14N2. The first-order valence-electron chi connectivity index (χ1n) is 4.03. The molecule has 1 aromatic rings. The van der Waals surface area contributed by atoms with Crippen molar-refractivity contribution in [3.8, 4) is 0 Å². The zero-order valence-corrected chi connectivity index (χ0v) is 7.33. The minimum Gasteiger partial charge on any atom is -0.322 e. The van der Waals surface area contributed by atoms with Gasteiger partial charge in [-0.05, 0) is 25.0 Å². The number of nitrogens with two attached hydrogens (primary N) is 1. The monoisotopic (exact) mass is 162 g/mol. The smallest absolute Gasteiger partial charge is 0.0574 e. The second kappa shape index (κ2) is 4.02. The van der Waals surface area contributed by atoms with Crippen molar-refractivity contribution in [2.75, 3.05) is 0 Å². The molecule has 0 spiro atoms. The molecule has 1 rings (SSSR count). The van der Waals surface area contributed by atoms with E-state index in [2.05, 4.69) is 11.6 Å². The second-order valence-electron chi connectivity index (χ2n) is 2.89. The fraction of sp³-hybridized carbons (Fsp3) is 0.300. The van der Waals surface area contributed by atoms with Gasteiger partial charge in [-0.3, -0.25) is 4.98 Å². The molecule has 1 atom stereocenters. The molecule has 64 valence electrons. The van der Waals surface area contributed by atoms with Crippen LogP contribution in [-0.4, -0.2) is 4.98 Å². The van der Waals surface area contributed by atoms with Gasteiger partial charge in [0.1, 0.15) is 0 Å². The Labute approximate surface area is 73.1 Å². The van der Waals surface area contributed by atoms with Crippen LogP contribution < -0.4 is 5.73 Å². The van der Waals surface area contributed by atoms with E-state index in [1.807, 2.05) is 31.3 Å². The Morgan fingerprint density at radius 3 is 2.92 bits per heavy atom. The molecule has 0 aliphatic rings. The van der Waals surface area contributed by atoms with Crippen molar-refractivity contribution in [3.63, 3.8) is 0 Å². The summed E-state index contributed by atoms with van der Waals surface area (Å²) in [5.74, 6) is 0. The van der Waals surface area contributed by atoms with Gasteiger partial charge in [-0.1, -0.05) is 12.1 Å². The Morgan fingerprint density at radius 1 is 1.67 bits per heavy atom. The Hall–Kier alpha value is -1.15. The van der Waals surface area contributed by atoms with Gasteiger partial charge in [-0.25, -0.2) is 0 Å². The fourth-order valence-corrected chi connectivity index (χ4v) is 0.999. The molecule has 0 saturated heterocycles. The summed E-state index contributed by atoms with van der Waals surface area (Å²) in [6, 6.07) is 3.97. The van der Waals surface area contributed by atoms with Gasteiger partial charge in [0, 0.05) is 6.20 Å². The molecule has 1 aromatic heterocycles. The van der Waals surface area contributed by atoms with Gasteiger partial charge in [-0.2, -0.15) is 0 Å². The third kappa shape index (κ3) is 2.17. The van der Waals surface area contributed by atoms with E-state index in [1.54, 1.807) is 0 Å². The van der Waals surface area contributed by atoms with Gasteiger partial charge in [0.05, 0.1) is 11.7 Å². The van der Waals surface area contributed by atoms with Crippen molar-refractivity contribution in [1.82, 2.24) is 4.98 Å². The first-order valence-corrected chi connectivity index (χ1v) is 4.03. The van der Waals surface area contributed by atoms with Crippen LogP contribution in [0.1, 0.15) is 23.7 Å². The van der Waals surface area contributed by atoms with E-state index < -0.39 is 0 Å². The van der Waals surface area contributed by atoms with Crippen molar-refractivity contribution in [2.45, 2.75) is 19.4 Å². The van der Waals surface area contributed by atoms with Gasteiger partial charge >= 0.3 is 0 Å². The molecule has 0 fully saturated rings. The highest BCUT2D eigenvalue weighted by atomic mass is 14.8. The summed E-state index contributed by atoms with van der Waals surface area (Å²) in [4.78, 5) is 4.22. The third-order valence-corrected chi connectivity index (χ3v) is 1.73. The lowest BCUT2D eigenvalue weighted by atomic mass is 10.1. The van der Waals surface area contributed by atoms with Gasteiger partial charge < -0.3 is 5.73 Å².